The fourth-order valence-electron chi connectivity index (χ4n) is 2.87. The van der Waals surface area contributed by atoms with Crippen LogP contribution in [0.5, 0.6) is 0 Å². The van der Waals surface area contributed by atoms with Gasteiger partial charge in [-0.15, -0.1) is 0 Å². The van der Waals surface area contributed by atoms with Crippen molar-refractivity contribution in [3.05, 3.63) is 39.4 Å². The molecule has 1 aliphatic rings. The second-order valence-corrected chi connectivity index (χ2v) is 6.02. The molecule has 0 spiro atoms. The first kappa shape index (κ1) is 13.5. The fourth-order valence-corrected chi connectivity index (χ4v) is 3.13. The van der Waals surface area contributed by atoms with Gasteiger partial charge in [0.2, 0.25) is 0 Å². The molecule has 1 aromatic heterocycles. The van der Waals surface area contributed by atoms with Gasteiger partial charge in [0.05, 0.1) is 10.9 Å². The third-order valence-corrected chi connectivity index (χ3v) is 4.49. The summed E-state index contributed by atoms with van der Waals surface area (Å²) in [6, 6.07) is 7.55. The van der Waals surface area contributed by atoms with Gasteiger partial charge in [-0.1, -0.05) is 12.1 Å². The molecule has 0 radical (unpaired) electrons. The van der Waals surface area contributed by atoms with E-state index in [1.165, 1.54) is 0 Å². The Bertz CT molecular complexity index is 726. The molecule has 1 aromatic carbocycles. The van der Waals surface area contributed by atoms with E-state index >= 15 is 0 Å². The Morgan fingerprint density at radius 1 is 1.30 bits per heavy atom. The molecule has 3 rings (SSSR count). The average Bonchev–Trinajstić information content (AvgIpc) is 2.45. The van der Waals surface area contributed by atoms with E-state index in [0.717, 1.165) is 38.0 Å². The lowest BCUT2D eigenvalue weighted by atomic mass is 9.97. The van der Waals surface area contributed by atoms with Crippen molar-refractivity contribution < 1.29 is 0 Å². The number of aromatic nitrogens is 2. The van der Waals surface area contributed by atoms with Crippen LogP contribution in [0.4, 0.5) is 0 Å². The van der Waals surface area contributed by atoms with Crippen LogP contribution in [0.2, 0.25) is 0 Å². The lowest BCUT2D eigenvalue weighted by Crippen LogP contribution is -2.34. The Kier molecular flexibility index (Phi) is 3.72. The monoisotopic (exact) mass is 289 g/mol. The zero-order valence-electron chi connectivity index (χ0n) is 11.6. The molecule has 0 saturated carbocycles. The van der Waals surface area contributed by atoms with Crippen LogP contribution in [0, 0.1) is 10.7 Å². The van der Waals surface area contributed by atoms with E-state index in [1.807, 2.05) is 24.3 Å². The highest BCUT2D eigenvalue weighted by atomic mass is 32.1. The number of aromatic amines is 1. The Morgan fingerprint density at radius 2 is 2.00 bits per heavy atom. The van der Waals surface area contributed by atoms with Crippen molar-refractivity contribution in [3.63, 3.8) is 0 Å². The molecule has 4 nitrogen and oxygen atoms in total. The summed E-state index contributed by atoms with van der Waals surface area (Å²) >= 11 is 5.36. The van der Waals surface area contributed by atoms with Gasteiger partial charge in [0.25, 0.3) is 5.56 Å². The van der Waals surface area contributed by atoms with E-state index < -0.39 is 0 Å². The van der Waals surface area contributed by atoms with Crippen molar-refractivity contribution in [1.82, 2.24) is 14.5 Å². The molecule has 1 saturated heterocycles. The number of para-hydroxylation sites is 1. The second kappa shape index (κ2) is 5.50. The number of piperidine rings is 1. The molecule has 106 valence electrons. The zero-order valence-corrected chi connectivity index (χ0v) is 12.4. The van der Waals surface area contributed by atoms with Crippen LogP contribution in [-0.2, 0) is 6.54 Å². The summed E-state index contributed by atoms with van der Waals surface area (Å²) in [5, 5.41) is 0.717. The summed E-state index contributed by atoms with van der Waals surface area (Å²) in [5.41, 5.74) is 0.852. The molecular formula is C15H19N3OS. The Labute approximate surface area is 123 Å². The summed E-state index contributed by atoms with van der Waals surface area (Å²) in [5.74, 6) is 0.542. The number of nitrogens with one attached hydrogen (secondary N) is 1. The molecule has 0 aliphatic carbocycles. The Balaban J connectivity index is 1.95. The van der Waals surface area contributed by atoms with Gasteiger partial charge in [0.15, 0.2) is 4.77 Å². The maximum absolute atomic E-state index is 12.6. The minimum atomic E-state index is 0.0308. The number of benzene rings is 1. The fraction of sp³-hybridized carbons (Fsp3) is 0.467. The van der Waals surface area contributed by atoms with Crippen molar-refractivity contribution in [2.24, 2.45) is 5.92 Å². The Morgan fingerprint density at radius 3 is 2.75 bits per heavy atom. The van der Waals surface area contributed by atoms with Crippen LogP contribution in [-0.4, -0.2) is 34.6 Å². The van der Waals surface area contributed by atoms with Crippen molar-refractivity contribution in [2.75, 3.05) is 20.1 Å². The minimum absolute atomic E-state index is 0.0308. The van der Waals surface area contributed by atoms with Crippen LogP contribution in [0.3, 0.4) is 0 Å². The number of H-pyrrole nitrogens is 1. The van der Waals surface area contributed by atoms with E-state index in [1.54, 1.807) is 4.57 Å². The summed E-state index contributed by atoms with van der Waals surface area (Å²) in [6.07, 6.45) is 2.26. The summed E-state index contributed by atoms with van der Waals surface area (Å²) < 4.78 is 2.26. The average molecular weight is 289 g/mol. The van der Waals surface area contributed by atoms with Crippen LogP contribution in [0.15, 0.2) is 29.1 Å². The summed E-state index contributed by atoms with van der Waals surface area (Å²) in [6.45, 7) is 2.93. The van der Waals surface area contributed by atoms with Gasteiger partial charge in [-0.2, -0.15) is 0 Å². The number of likely N-dealkylation sites (tertiary alicyclic amines) is 1. The van der Waals surface area contributed by atoms with E-state index in [2.05, 4.69) is 16.9 Å². The standard InChI is InChI=1S/C15H19N3OS/c1-17-8-6-11(7-9-17)10-18-14(19)12-4-2-3-5-13(12)16-15(18)20/h2-5,11H,6-10H2,1H3,(H,16,20). The first-order valence-electron chi connectivity index (χ1n) is 7.05. The number of nitrogens with zero attached hydrogens (tertiary/aromatic N) is 2. The van der Waals surface area contributed by atoms with Crippen molar-refractivity contribution in [2.45, 2.75) is 19.4 Å². The number of rotatable bonds is 2. The molecule has 20 heavy (non-hydrogen) atoms. The van der Waals surface area contributed by atoms with Gasteiger partial charge < -0.3 is 9.88 Å². The van der Waals surface area contributed by atoms with Gasteiger partial charge in [-0.25, -0.2) is 0 Å². The molecule has 1 aliphatic heterocycles. The highest BCUT2D eigenvalue weighted by Gasteiger charge is 2.18. The molecule has 1 N–H and O–H groups in total. The van der Waals surface area contributed by atoms with Crippen LogP contribution < -0.4 is 5.56 Å². The smallest absolute Gasteiger partial charge is 0.262 e. The van der Waals surface area contributed by atoms with Gasteiger partial charge in [0.1, 0.15) is 0 Å². The molecule has 0 unspecified atom stereocenters. The highest BCUT2D eigenvalue weighted by Crippen LogP contribution is 2.18. The molecule has 2 aromatic rings. The van der Waals surface area contributed by atoms with Crippen LogP contribution in [0.1, 0.15) is 12.8 Å². The molecule has 0 amide bonds. The van der Waals surface area contributed by atoms with E-state index in [0.29, 0.717) is 16.1 Å². The predicted octanol–water partition coefficient (Wildman–Crippen LogP) is 2.40. The largest absolute Gasteiger partial charge is 0.332 e. The second-order valence-electron chi connectivity index (χ2n) is 5.64. The molecule has 0 atom stereocenters. The van der Waals surface area contributed by atoms with Gasteiger partial charge >= 0.3 is 0 Å². The molecular weight excluding hydrogens is 270 g/mol. The third kappa shape index (κ3) is 2.55. The maximum atomic E-state index is 12.6. The van der Waals surface area contributed by atoms with Crippen LogP contribution in [0.25, 0.3) is 10.9 Å². The summed E-state index contributed by atoms with van der Waals surface area (Å²) in [7, 11) is 2.14. The zero-order chi connectivity index (χ0) is 14.1. The lowest BCUT2D eigenvalue weighted by Gasteiger charge is -2.29. The first-order valence-corrected chi connectivity index (χ1v) is 7.46. The first-order chi connectivity index (χ1) is 9.65. The summed E-state index contributed by atoms with van der Waals surface area (Å²) in [4.78, 5) is 18.1. The highest BCUT2D eigenvalue weighted by molar-refractivity contribution is 7.71. The molecule has 0 bridgehead atoms. The maximum Gasteiger partial charge on any atom is 0.262 e. The quantitative estimate of drug-likeness (QED) is 0.863. The molecule has 1 fully saturated rings. The van der Waals surface area contributed by atoms with Crippen molar-refractivity contribution in [1.29, 1.82) is 0 Å². The van der Waals surface area contributed by atoms with E-state index in [4.69, 9.17) is 12.2 Å². The van der Waals surface area contributed by atoms with Crippen molar-refractivity contribution >= 4 is 23.1 Å². The normalized spacial score (nSPS) is 17.6. The minimum Gasteiger partial charge on any atom is -0.332 e. The van der Waals surface area contributed by atoms with Crippen molar-refractivity contribution in [3.8, 4) is 0 Å². The van der Waals surface area contributed by atoms with Gasteiger partial charge in [0, 0.05) is 6.54 Å². The number of hydrogen-bond donors (Lipinski definition) is 1. The number of fused-ring (bicyclic) bond motifs is 1. The number of hydrogen-bond acceptors (Lipinski definition) is 3. The van der Waals surface area contributed by atoms with E-state index in [-0.39, 0.29) is 5.56 Å². The van der Waals surface area contributed by atoms with E-state index in [9.17, 15) is 4.79 Å². The third-order valence-electron chi connectivity index (χ3n) is 4.17. The van der Waals surface area contributed by atoms with Gasteiger partial charge in [-0.3, -0.25) is 9.36 Å². The Hall–Kier alpha value is -1.46. The molecule has 5 heteroatoms. The predicted molar refractivity (Wildman–Crippen MR) is 83.6 cm³/mol. The topological polar surface area (TPSA) is 41.0 Å². The van der Waals surface area contributed by atoms with Crippen LogP contribution >= 0.6 is 12.2 Å². The van der Waals surface area contributed by atoms with Gasteiger partial charge in [-0.05, 0) is 63.2 Å². The molecule has 2 heterocycles. The lowest BCUT2D eigenvalue weighted by molar-refractivity contribution is 0.203. The SMILES string of the molecule is CN1CCC(Cn2c(=S)[nH]c3ccccc3c2=O)CC1.